The van der Waals surface area contributed by atoms with Gasteiger partial charge in [0.2, 0.25) is 0 Å². The highest BCUT2D eigenvalue weighted by molar-refractivity contribution is 7.17. The minimum absolute atomic E-state index is 0.148. The molecule has 0 radical (unpaired) electrons. The van der Waals surface area contributed by atoms with Crippen LogP contribution in [-0.2, 0) is 9.47 Å². The van der Waals surface area contributed by atoms with Crippen LogP contribution in [0.25, 0.3) is 10.6 Å². The van der Waals surface area contributed by atoms with Crippen LogP contribution in [0.15, 0.2) is 18.2 Å². The molecule has 0 fully saturated rings. The molecule has 1 aromatic heterocycles. The van der Waals surface area contributed by atoms with Crippen LogP contribution >= 0.6 is 11.3 Å². The van der Waals surface area contributed by atoms with Crippen molar-refractivity contribution in [2.24, 2.45) is 0 Å². The van der Waals surface area contributed by atoms with E-state index in [4.69, 9.17) is 9.47 Å². The molecule has 0 saturated heterocycles. The Balaban J connectivity index is 2.32. The van der Waals surface area contributed by atoms with Crippen molar-refractivity contribution in [3.63, 3.8) is 0 Å². The zero-order valence-corrected chi connectivity index (χ0v) is 15.2. The highest BCUT2D eigenvalue weighted by atomic mass is 32.1. The maximum Gasteiger partial charge on any atom is 0.266 e. The van der Waals surface area contributed by atoms with E-state index in [-0.39, 0.29) is 16.5 Å². The molecular weight excluding hydrogens is 350 g/mol. The number of amides is 1. The second kappa shape index (κ2) is 8.98. The topological polar surface area (TPSA) is 51.7 Å². The van der Waals surface area contributed by atoms with E-state index in [1.807, 2.05) is 0 Å². The first-order chi connectivity index (χ1) is 12.0. The Labute approximate surface area is 149 Å². The summed E-state index contributed by atoms with van der Waals surface area (Å²) in [6.07, 6.45) is 0. The van der Waals surface area contributed by atoms with Crippen molar-refractivity contribution >= 4 is 17.2 Å². The number of carbonyl (C=O) groups is 1. The van der Waals surface area contributed by atoms with Gasteiger partial charge >= 0.3 is 0 Å². The van der Waals surface area contributed by atoms with Gasteiger partial charge in [-0.15, -0.1) is 11.3 Å². The van der Waals surface area contributed by atoms with E-state index in [1.54, 1.807) is 26.0 Å². The van der Waals surface area contributed by atoms with Gasteiger partial charge in [-0.3, -0.25) is 4.79 Å². The van der Waals surface area contributed by atoms with Crippen molar-refractivity contribution in [3.8, 4) is 10.6 Å². The number of halogens is 2. The van der Waals surface area contributed by atoms with Crippen LogP contribution in [0.2, 0.25) is 0 Å². The minimum atomic E-state index is -0.705. The Morgan fingerprint density at radius 3 is 2.24 bits per heavy atom. The van der Waals surface area contributed by atoms with Crippen LogP contribution in [-0.4, -0.2) is 56.3 Å². The number of ether oxygens (including phenoxy) is 2. The average Bonchev–Trinajstić information content (AvgIpc) is 2.95. The zero-order valence-electron chi connectivity index (χ0n) is 14.3. The number of carbonyl (C=O) groups excluding carboxylic acids is 1. The van der Waals surface area contributed by atoms with Gasteiger partial charge in [-0.2, -0.15) is 0 Å². The Kier molecular flexibility index (Phi) is 6.98. The number of aromatic nitrogens is 1. The predicted octanol–water partition coefficient (Wildman–Crippen LogP) is 3.13. The lowest BCUT2D eigenvalue weighted by Gasteiger charge is -2.21. The molecule has 0 N–H and O–H groups in total. The van der Waals surface area contributed by atoms with E-state index in [0.29, 0.717) is 36.9 Å². The molecule has 0 unspecified atom stereocenters. The van der Waals surface area contributed by atoms with Crippen molar-refractivity contribution in [2.75, 3.05) is 40.5 Å². The number of thiazole rings is 1. The van der Waals surface area contributed by atoms with Gasteiger partial charge in [0, 0.05) is 27.3 Å². The van der Waals surface area contributed by atoms with Crippen LogP contribution in [0, 0.1) is 18.6 Å². The maximum atomic E-state index is 14.0. The molecule has 0 aliphatic rings. The summed E-state index contributed by atoms with van der Waals surface area (Å²) in [6, 6.07) is 3.62. The number of nitrogens with zero attached hydrogens (tertiary/aromatic N) is 2. The van der Waals surface area contributed by atoms with E-state index < -0.39 is 11.6 Å². The van der Waals surface area contributed by atoms with Crippen molar-refractivity contribution in [3.05, 3.63) is 40.4 Å². The highest BCUT2D eigenvalue weighted by Gasteiger charge is 2.24. The minimum Gasteiger partial charge on any atom is -0.383 e. The standard InChI is InChI=1S/C17H20F2N2O3S/c1-11-15(17(22)21(7-9-23-2)8-10-24-3)25-16(20-11)14-12(18)5-4-6-13(14)19/h4-6H,7-10H2,1-3H3. The molecule has 0 bridgehead atoms. The zero-order chi connectivity index (χ0) is 18.4. The van der Waals surface area contributed by atoms with Gasteiger partial charge in [-0.1, -0.05) is 6.07 Å². The SMILES string of the molecule is COCCN(CCOC)C(=O)c1sc(-c2c(F)cccc2F)nc1C. The predicted molar refractivity (Wildman–Crippen MR) is 91.9 cm³/mol. The molecule has 0 saturated carbocycles. The van der Waals surface area contributed by atoms with Gasteiger partial charge in [0.05, 0.1) is 24.5 Å². The van der Waals surface area contributed by atoms with Crippen LogP contribution in [0.5, 0.6) is 0 Å². The molecule has 0 spiro atoms. The van der Waals surface area contributed by atoms with Gasteiger partial charge in [0.1, 0.15) is 21.5 Å². The van der Waals surface area contributed by atoms with Gasteiger partial charge in [-0.05, 0) is 19.1 Å². The van der Waals surface area contributed by atoms with Crippen LogP contribution < -0.4 is 0 Å². The molecule has 25 heavy (non-hydrogen) atoms. The fourth-order valence-electron chi connectivity index (χ4n) is 2.27. The van der Waals surface area contributed by atoms with Gasteiger partial charge in [0.25, 0.3) is 5.91 Å². The number of hydrogen-bond acceptors (Lipinski definition) is 5. The number of hydrogen-bond donors (Lipinski definition) is 0. The lowest BCUT2D eigenvalue weighted by atomic mass is 10.2. The molecule has 2 rings (SSSR count). The van der Waals surface area contributed by atoms with Crippen molar-refractivity contribution in [1.29, 1.82) is 0 Å². The van der Waals surface area contributed by atoms with Gasteiger partial charge < -0.3 is 14.4 Å². The van der Waals surface area contributed by atoms with Crippen molar-refractivity contribution < 1.29 is 23.0 Å². The van der Waals surface area contributed by atoms with Gasteiger partial charge in [-0.25, -0.2) is 13.8 Å². The normalized spacial score (nSPS) is 10.9. The largest absolute Gasteiger partial charge is 0.383 e. The third-order valence-corrected chi connectivity index (χ3v) is 4.75. The number of methoxy groups -OCH3 is 2. The Hall–Kier alpha value is -1.90. The first-order valence-corrected chi connectivity index (χ1v) is 8.50. The molecule has 0 aliphatic carbocycles. The van der Waals surface area contributed by atoms with Crippen LogP contribution in [0.3, 0.4) is 0 Å². The summed E-state index contributed by atoms with van der Waals surface area (Å²) in [5.41, 5.74) is 0.225. The Bertz CT molecular complexity index is 708. The van der Waals surface area contributed by atoms with E-state index in [2.05, 4.69) is 4.98 Å². The molecule has 1 heterocycles. The van der Waals surface area contributed by atoms with Gasteiger partial charge in [0.15, 0.2) is 0 Å². The molecule has 2 aromatic rings. The summed E-state index contributed by atoms with van der Waals surface area (Å²) in [5.74, 6) is -1.67. The Morgan fingerprint density at radius 2 is 1.72 bits per heavy atom. The number of aryl methyl sites for hydroxylation is 1. The number of benzene rings is 1. The molecule has 5 nitrogen and oxygen atoms in total. The smallest absolute Gasteiger partial charge is 0.266 e. The summed E-state index contributed by atoms with van der Waals surface area (Å²) in [5, 5.41) is 0.148. The van der Waals surface area contributed by atoms with E-state index in [0.717, 1.165) is 11.3 Å². The summed E-state index contributed by atoms with van der Waals surface area (Å²) < 4.78 is 38.0. The Morgan fingerprint density at radius 1 is 1.16 bits per heavy atom. The molecule has 1 aromatic carbocycles. The monoisotopic (exact) mass is 370 g/mol. The highest BCUT2D eigenvalue weighted by Crippen LogP contribution is 2.32. The van der Waals surface area contributed by atoms with Crippen molar-refractivity contribution in [2.45, 2.75) is 6.92 Å². The first-order valence-electron chi connectivity index (χ1n) is 7.68. The third-order valence-electron chi connectivity index (χ3n) is 3.59. The van der Waals surface area contributed by atoms with Crippen molar-refractivity contribution in [1.82, 2.24) is 9.88 Å². The second-order valence-corrected chi connectivity index (χ2v) is 6.31. The van der Waals surface area contributed by atoms with Crippen LogP contribution in [0.1, 0.15) is 15.4 Å². The summed E-state index contributed by atoms with van der Waals surface area (Å²) in [6.45, 7) is 3.18. The summed E-state index contributed by atoms with van der Waals surface area (Å²) in [7, 11) is 3.10. The van der Waals surface area contributed by atoms with Crippen LogP contribution in [0.4, 0.5) is 8.78 Å². The molecule has 136 valence electrons. The second-order valence-electron chi connectivity index (χ2n) is 5.31. The molecule has 1 amide bonds. The summed E-state index contributed by atoms with van der Waals surface area (Å²) in [4.78, 5) is 18.9. The molecule has 0 atom stereocenters. The molecule has 0 aliphatic heterocycles. The lowest BCUT2D eigenvalue weighted by molar-refractivity contribution is 0.0631. The fraction of sp³-hybridized carbons (Fsp3) is 0.412. The maximum absolute atomic E-state index is 14.0. The summed E-state index contributed by atoms with van der Waals surface area (Å²) >= 11 is 0.980. The molecule has 8 heteroatoms. The fourth-order valence-corrected chi connectivity index (χ4v) is 3.35. The van der Waals surface area contributed by atoms with E-state index in [9.17, 15) is 13.6 Å². The average molecular weight is 370 g/mol. The quantitative estimate of drug-likeness (QED) is 0.716. The first kappa shape index (κ1) is 19.4. The third kappa shape index (κ3) is 4.59. The number of rotatable bonds is 8. The molecular formula is C17H20F2N2O3S. The van der Waals surface area contributed by atoms with E-state index >= 15 is 0 Å². The lowest BCUT2D eigenvalue weighted by Crippen LogP contribution is -2.36. The van der Waals surface area contributed by atoms with E-state index in [1.165, 1.54) is 18.2 Å².